The molecule has 2 bridgehead atoms. The molecule has 0 radical (unpaired) electrons. The molecular formula is C25H22FNO. The topological polar surface area (TPSA) is 29.1 Å². The monoisotopic (exact) mass is 371 g/mol. The van der Waals surface area contributed by atoms with Crippen LogP contribution in [0, 0.1) is 11.7 Å². The maximum atomic E-state index is 13.8. The lowest BCUT2D eigenvalue weighted by atomic mass is 9.59. The second-order valence-electron chi connectivity index (χ2n) is 7.86. The van der Waals surface area contributed by atoms with Crippen molar-refractivity contribution in [3.63, 3.8) is 0 Å². The van der Waals surface area contributed by atoms with Crippen molar-refractivity contribution in [2.24, 2.45) is 5.92 Å². The van der Waals surface area contributed by atoms with E-state index in [4.69, 9.17) is 0 Å². The Kier molecular flexibility index (Phi) is 4.23. The van der Waals surface area contributed by atoms with E-state index in [0.29, 0.717) is 29.9 Å². The molecule has 0 fully saturated rings. The highest BCUT2D eigenvalue weighted by Crippen LogP contribution is 2.55. The van der Waals surface area contributed by atoms with Gasteiger partial charge in [-0.2, -0.15) is 0 Å². The van der Waals surface area contributed by atoms with Crippen LogP contribution in [0.3, 0.4) is 0 Å². The van der Waals surface area contributed by atoms with Crippen LogP contribution in [0.4, 0.5) is 4.39 Å². The minimum Gasteiger partial charge on any atom is -0.356 e. The second-order valence-corrected chi connectivity index (χ2v) is 7.86. The van der Waals surface area contributed by atoms with Gasteiger partial charge in [0, 0.05) is 18.4 Å². The Hall–Kier alpha value is -2.94. The fourth-order valence-electron chi connectivity index (χ4n) is 5.08. The third-order valence-corrected chi connectivity index (χ3v) is 6.29. The molecule has 2 nitrogen and oxygen atoms in total. The Bertz CT molecular complexity index is 996. The maximum absolute atomic E-state index is 13.8. The maximum Gasteiger partial charge on any atom is 0.224 e. The number of halogens is 1. The summed E-state index contributed by atoms with van der Waals surface area (Å²) in [6, 6.07) is 23.9. The molecule has 3 aromatic carbocycles. The van der Waals surface area contributed by atoms with E-state index in [9.17, 15) is 9.18 Å². The molecule has 3 aliphatic rings. The normalized spacial score (nSPS) is 21.7. The Labute approximate surface area is 164 Å². The lowest BCUT2D eigenvalue weighted by molar-refractivity contribution is -0.120. The molecule has 1 atom stereocenters. The summed E-state index contributed by atoms with van der Waals surface area (Å²) < 4.78 is 13.8. The molecule has 0 saturated carbocycles. The first-order valence-electron chi connectivity index (χ1n) is 9.90. The van der Waals surface area contributed by atoms with E-state index >= 15 is 0 Å². The Morgan fingerprint density at radius 2 is 1.43 bits per heavy atom. The van der Waals surface area contributed by atoms with Crippen LogP contribution < -0.4 is 5.32 Å². The number of rotatable bonds is 4. The summed E-state index contributed by atoms with van der Waals surface area (Å²) in [4.78, 5) is 12.4. The van der Waals surface area contributed by atoms with E-state index in [1.165, 1.54) is 28.3 Å². The number of hydrogen-bond donors (Lipinski definition) is 1. The van der Waals surface area contributed by atoms with Crippen LogP contribution in [0.2, 0.25) is 0 Å². The van der Waals surface area contributed by atoms with Crippen LogP contribution >= 0.6 is 0 Å². The molecule has 0 saturated heterocycles. The lowest BCUT2D eigenvalue weighted by Crippen LogP contribution is -2.39. The van der Waals surface area contributed by atoms with Gasteiger partial charge >= 0.3 is 0 Å². The number of nitrogens with one attached hydrogen (secondary N) is 1. The molecule has 140 valence electrons. The van der Waals surface area contributed by atoms with Crippen molar-refractivity contribution in [2.75, 3.05) is 6.54 Å². The third-order valence-electron chi connectivity index (χ3n) is 6.29. The van der Waals surface area contributed by atoms with Gasteiger partial charge in [-0.15, -0.1) is 0 Å². The summed E-state index contributed by atoms with van der Waals surface area (Å²) in [5.74, 6) is 0.627. The predicted octanol–water partition coefficient (Wildman–Crippen LogP) is 4.78. The third kappa shape index (κ3) is 2.82. The first-order chi connectivity index (χ1) is 13.7. The van der Waals surface area contributed by atoms with Gasteiger partial charge in [0.05, 0.1) is 6.42 Å². The van der Waals surface area contributed by atoms with Gasteiger partial charge in [0.1, 0.15) is 5.82 Å². The van der Waals surface area contributed by atoms with E-state index in [1.54, 1.807) is 18.2 Å². The highest BCUT2D eigenvalue weighted by molar-refractivity contribution is 5.78. The molecule has 3 heteroatoms. The smallest absolute Gasteiger partial charge is 0.224 e. The standard InChI is InChI=1S/C25H22FNO/c26-23-12-6-1-7-16(23)14-24(28)27-15-17-13-22-18-8-2-4-10-20(18)25(17)21-11-5-3-9-19(21)22/h1-12,17,22,25H,13-15H2,(H,27,28). The molecule has 1 amide bonds. The molecule has 3 aromatic rings. The highest BCUT2D eigenvalue weighted by Gasteiger charge is 2.42. The fraction of sp³-hybridized carbons (Fsp3) is 0.240. The number of benzene rings is 3. The van der Waals surface area contributed by atoms with Crippen LogP contribution in [-0.4, -0.2) is 12.5 Å². The first-order valence-corrected chi connectivity index (χ1v) is 9.90. The second kappa shape index (κ2) is 6.90. The summed E-state index contributed by atoms with van der Waals surface area (Å²) in [6.45, 7) is 0.622. The van der Waals surface area contributed by atoms with Gasteiger partial charge in [-0.3, -0.25) is 4.79 Å². The van der Waals surface area contributed by atoms with E-state index < -0.39 is 0 Å². The Balaban J connectivity index is 1.36. The van der Waals surface area contributed by atoms with Crippen LogP contribution in [0.25, 0.3) is 0 Å². The van der Waals surface area contributed by atoms with Crippen LogP contribution in [0.1, 0.15) is 46.1 Å². The minimum atomic E-state index is -0.322. The van der Waals surface area contributed by atoms with E-state index in [-0.39, 0.29) is 18.1 Å². The van der Waals surface area contributed by atoms with Crippen LogP contribution in [-0.2, 0) is 11.2 Å². The molecular weight excluding hydrogens is 349 g/mol. The van der Waals surface area contributed by atoms with E-state index in [1.807, 2.05) is 0 Å². The number of amides is 1. The van der Waals surface area contributed by atoms with Crippen molar-refractivity contribution in [3.05, 3.63) is 106 Å². The number of carbonyl (C=O) groups is 1. The van der Waals surface area contributed by atoms with Gasteiger partial charge in [-0.25, -0.2) is 4.39 Å². The van der Waals surface area contributed by atoms with Crippen molar-refractivity contribution in [2.45, 2.75) is 24.7 Å². The van der Waals surface area contributed by atoms with Crippen molar-refractivity contribution in [1.29, 1.82) is 0 Å². The molecule has 28 heavy (non-hydrogen) atoms. The zero-order valence-electron chi connectivity index (χ0n) is 15.6. The molecule has 0 spiro atoms. The zero-order valence-corrected chi connectivity index (χ0v) is 15.6. The van der Waals surface area contributed by atoms with Gasteiger partial charge in [-0.05, 0) is 46.2 Å². The molecule has 0 aliphatic heterocycles. The van der Waals surface area contributed by atoms with Gasteiger partial charge in [0.25, 0.3) is 0 Å². The largest absolute Gasteiger partial charge is 0.356 e. The number of fused-ring (bicyclic) bond motifs is 1. The van der Waals surface area contributed by atoms with Crippen molar-refractivity contribution in [1.82, 2.24) is 5.32 Å². The van der Waals surface area contributed by atoms with Crippen LogP contribution in [0.5, 0.6) is 0 Å². The number of hydrogen-bond acceptors (Lipinski definition) is 1. The minimum absolute atomic E-state index is 0.0840. The fourth-order valence-corrected chi connectivity index (χ4v) is 5.08. The lowest BCUT2D eigenvalue weighted by Gasteiger charge is -2.45. The van der Waals surface area contributed by atoms with Crippen molar-refractivity contribution in [3.8, 4) is 0 Å². The molecule has 6 rings (SSSR count). The highest BCUT2D eigenvalue weighted by atomic mass is 19.1. The summed E-state index contributed by atoms with van der Waals surface area (Å²) >= 11 is 0. The molecule has 1 N–H and O–H groups in total. The molecule has 0 aromatic heterocycles. The first kappa shape index (κ1) is 17.2. The van der Waals surface area contributed by atoms with Crippen molar-refractivity contribution >= 4 is 5.91 Å². The average Bonchev–Trinajstić information content (AvgIpc) is 2.74. The number of carbonyl (C=O) groups excluding carboxylic acids is 1. The Morgan fingerprint density at radius 3 is 2.07 bits per heavy atom. The van der Waals surface area contributed by atoms with Gasteiger partial charge < -0.3 is 5.32 Å². The summed E-state index contributed by atoms with van der Waals surface area (Å²) in [7, 11) is 0. The summed E-state index contributed by atoms with van der Waals surface area (Å²) in [5, 5.41) is 3.07. The quantitative estimate of drug-likeness (QED) is 0.702. The van der Waals surface area contributed by atoms with Gasteiger partial charge in [0.2, 0.25) is 5.91 Å². The summed E-state index contributed by atoms with van der Waals surface area (Å²) in [6.07, 6.45) is 1.12. The SMILES string of the molecule is O=C(Cc1ccccc1F)NCC1CC2c3ccccc3C1c1ccccc12. The van der Waals surface area contributed by atoms with Crippen molar-refractivity contribution < 1.29 is 9.18 Å². The van der Waals surface area contributed by atoms with Gasteiger partial charge in [-0.1, -0.05) is 66.7 Å². The van der Waals surface area contributed by atoms with E-state index in [0.717, 1.165) is 6.42 Å². The Morgan fingerprint density at radius 1 is 0.857 bits per heavy atom. The van der Waals surface area contributed by atoms with E-state index in [2.05, 4.69) is 53.8 Å². The van der Waals surface area contributed by atoms with Gasteiger partial charge in [0.15, 0.2) is 0 Å². The molecule has 0 heterocycles. The average molecular weight is 371 g/mol. The summed E-state index contributed by atoms with van der Waals surface area (Å²) in [5.41, 5.74) is 6.10. The predicted molar refractivity (Wildman–Crippen MR) is 108 cm³/mol. The molecule has 3 aliphatic carbocycles. The van der Waals surface area contributed by atoms with Crippen LogP contribution in [0.15, 0.2) is 72.8 Å². The molecule has 1 unspecified atom stereocenters. The zero-order chi connectivity index (χ0) is 19.1.